The third-order valence-electron chi connectivity index (χ3n) is 3.77. The molecule has 2 aromatic carbocycles. The summed E-state index contributed by atoms with van der Waals surface area (Å²) in [7, 11) is -3.77. The molecule has 3 rings (SSSR count). The fourth-order valence-electron chi connectivity index (χ4n) is 2.75. The van der Waals surface area contributed by atoms with E-state index in [0.717, 1.165) is 28.7 Å². The molecule has 28 heavy (non-hydrogen) atoms. The Labute approximate surface area is 207 Å². The van der Waals surface area contributed by atoms with E-state index in [1.54, 1.807) is 18.2 Å². The maximum absolute atomic E-state index is 11.4. The molecule has 0 aliphatic heterocycles. The van der Waals surface area contributed by atoms with Crippen molar-refractivity contribution in [1.29, 1.82) is 0 Å². The van der Waals surface area contributed by atoms with Gasteiger partial charge in [0.05, 0.1) is 6.42 Å². The number of aromatic nitrogens is 1. The van der Waals surface area contributed by atoms with Crippen LogP contribution in [0.2, 0.25) is 0 Å². The van der Waals surface area contributed by atoms with Crippen LogP contribution >= 0.6 is 7.60 Å². The van der Waals surface area contributed by atoms with Gasteiger partial charge in [-0.3, -0.25) is 9.36 Å². The SMILES string of the molecule is CP(=O)(O)OOc1ccc2c(c1)c(CC(N)=O)cn2Cc1ccccc1.[Na].[Na]. The van der Waals surface area contributed by atoms with Crippen LogP contribution in [0.4, 0.5) is 0 Å². The van der Waals surface area contributed by atoms with E-state index in [2.05, 4.69) is 4.67 Å². The van der Waals surface area contributed by atoms with Crippen molar-refractivity contribution in [2.24, 2.45) is 5.73 Å². The Hall–Kier alpha value is -0.600. The summed E-state index contributed by atoms with van der Waals surface area (Å²) in [4.78, 5) is 25.5. The Kier molecular flexibility index (Phi) is 9.97. The topological polar surface area (TPSA) is 104 Å². The quantitative estimate of drug-likeness (QED) is 0.264. The molecular weight excluding hydrogens is 401 g/mol. The van der Waals surface area contributed by atoms with E-state index in [1.165, 1.54) is 0 Å². The molecule has 3 aromatic rings. The molecule has 138 valence electrons. The van der Waals surface area contributed by atoms with E-state index in [-0.39, 0.29) is 71.3 Å². The summed E-state index contributed by atoms with van der Waals surface area (Å²) in [5.41, 5.74) is 8.11. The third kappa shape index (κ3) is 7.02. The van der Waals surface area contributed by atoms with Crippen molar-refractivity contribution in [2.45, 2.75) is 13.0 Å². The first-order valence-corrected chi connectivity index (χ1v) is 9.95. The number of carbonyl (C=O) groups is 1. The molecule has 10 heteroatoms. The van der Waals surface area contributed by atoms with Crippen LogP contribution in [0.25, 0.3) is 10.9 Å². The number of amides is 1. The zero-order valence-corrected chi connectivity index (χ0v) is 21.1. The molecule has 0 fully saturated rings. The van der Waals surface area contributed by atoms with Crippen molar-refractivity contribution in [3.05, 3.63) is 65.9 Å². The van der Waals surface area contributed by atoms with Gasteiger partial charge in [0.25, 0.3) is 0 Å². The van der Waals surface area contributed by atoms with Gasteiger partial charge >= 0.3 is 7.60 Å². The van der Waals surface area contributed by atoms with Crippen LogP contribution in [0, 0.1) is 0 Å². The molecule has 7 nitrogen and oxygen atoms in total. The van der Waals surface area contributed by atoms with Crippen LogP contribution < -0.4 is 10.6 Å². The number of nitrogens with two attached hydrogens (primary N) is 1. The second-order valence-electron chi connectivity index (χ2n) is 6.05. The molecule has 0 spiro atoms. The molecule has 1 amide bonds. The van der Waals surface area contributed by atoms with Crippen molar-refractivity contribution >= 4 is 83.5 Å². The van der Waals surface area contributed by atoms with Crippen LogP contribution in [0.3, 0.4) is 0 Å². The average Bonchev–Trinajstić information content (AvgIpc) is 2.90. The van der Waals surface area contributed by atoms with Gasteiger partial charge in [-0.1, -0.05) is 30.3 Å². The molecule has 2 radical (unpaired) electrons. The predicted octanol–water partition coefficient (Wildman–Crippen LogP) is 2.08. The van der Waals surface area contributed by atoms with Gasteiger partial charge in [0.2, 0.25) is 5.91 Å². The first-order valence-electron chi connectivity index (χ1n) is 7.92. The summed E-state index contributed by atoms with van der Waals surface area (Å²) in [6, 6.07) is 15.0. The summed E-state index contributed by atoms with van der Waals surface area (Å²) in [5, 5.41) is 0.768. The Morgan fingerprint density at radius 2 is 1.86 bits per heavy atom. The average molecular weight is 420 g/mol. The van der Waals surface area contributed by atoms with Gasteiger partial charge in [-0.25, -0.2) is 0 Å². The summed E-state index contributed by atoms with van der Waals surface area (Å²) in [6.07, 6.45) is 1.96. The van der Waals surface area contributed by atoms with Crippen LogP contribution in [-0.4, -0.2) is 81.1 Å². The van der Waals surface area contributed by atoms with Crippen molar-refractivity contribution in [1.82, 2.24) is 4.57 Å². The Balaban J connectivity index is 0.00000196. The Morgan fingerprint density at radius 3 is 2.46 bits per heavy atom. The maximum atomic E-state index is 11.4. The Bertz CT molecular complexity index is 988. The van der Waals surface area contributed by atoms with E-state index < -0.39 is 13.5 Å². The van der Waals surface area contributed by atoms with Crippen molar-refractivity contribution < 1.29 is 23.8 Å². The van der Waals surface area contributed by atoms with Crippen LogP contribution in [-0.2, 0) is 27.0 Å². The van der Waals surface area contributed by atoms with Crippen molar-refractivity contribution in [2.75, 3.05) is 6.66 Å². The largest absolute Gasteiger partial charge is 0.369 e. The van der Waals surface area contributed by atoms with Gasteiger partial charge in [0.1, 0.15) is 0 Å². The number of nitrogens with zero attached hydrogens (tertiary/aromatic N) is 1. The van der Waals surface area contributed by atoms with Gasteiger partial charge in [0.15, 0.2) is 5.75 Å². The molecule has 0 saturated carbocycles. The predicted molar refractivity (Wildman–Crippen MR) is 109 cm³/mol. The van der Waals surface area contributed by atoms with Gasteiger partial charge in [-0.05, 0) is 29.3 Å². The molecule has 0 aliphatic carbocycles. The van der Waals surface area contributed by atoms with E-state index >= 15 is 0 Å². The van der Waals surface area contributed by atoms with Crippen molar-refractivity contribution in [3.63, 3.8) is 0 Å². The molecule has 0 bridgehead atoms. The van der Waals surface area contributed by atoms with E-state index in [4.69, 9.17) is 10.6 Å². The van der Waals surface area contributed by atoms with E-state index in [1.807, 2.05) is 41.1 Å². The minimum absolute atomic E-state index is 0. The fraction of sp³-hybridized carbons (Fsp3) is 0.167. The number of primary amides is 1. The molecule has 1 unspecified atom stereocenters. The normalized spacial score (nSPS) is 12.5. The summed E-state index contributed by atoms with van der Waals surface area (Å²) in [5.74, 6) is -0.184. The third-order valence-corrected chi connectivity index (χ3v) is 4.12. The fourth-order valence-corrected chi connectivity index (χ4v) is 2.98. The molecule has 3 N–H and O–H groups in total. The van der Waals surface area contributed by atoms with Crippen LogP contribution in [0.1, 0.15) is 11.1 Å². The standard InChI is InChI=1S/C18H19N2O5P.2Na/c1-26(22,23)25-24-15-7-8-17-16(10-15)14(9-18(19)21)12-20(17)11-13-5-3-2-4-6-13;;/h2-8,10,12H,9,11H2,1H3,(H2,19,21)(H,22,23);;. The first kappa shape index (κ1) is 25.4. The molecule has 1 atom stereocenters. The summed E-state index contributed by atoms with van der Waals surface area (Å²) in [6.45, 7) is 1.66. The number of benzene rings is 2. The van der Waals surface area contributed by atoms with Gasteiger partial charge < -0.3 is 20.1 Å². The molecule has 0 aliphatic rings. The van der Waals surface area contributed by atoms with Crippen LogP contribution in [0.15, 0.2) is 54.7 Å². The zero-order valence-electron chi connectivity index (χ0n) is 16.2. The second kappa shape index (κ2) is 11.0. The smallest absolute Gasteiger partial charge is 0.363 e. The molecular formula is C18H19N2Na2O5P. The first-order chi connectivity index (χ1) is 12.3. The molecule has 1 heterocycles. The monoisotopic (exact) mass is 420 g/mol. The minimum Gasteiger partial charge on any atom is -0.369 e. The number of carbonyl (C=O) groups excluding carboxylic acids is 1. The van der Waals surface area contributed by atoms with Gasteiger partial charge in [-0.15, -0.1) is 4.67 Å². The maximum Gasteiger partial charge on any atom is 0.363 e. The Morgan fingerprint density at radius 1 is 1.18 bits per heavy atom. The number of hydrogen-bond donors (Lipinski definition) is 2. The number of fused-ring (bicyclic) bond motifs is 1. The van der Waals surface area contributed by atoms with Gasteiger partial charge in [0, 0.05) is 89.4 Å². The minimum atomic E-state index is -3.77. The zero-order chi connectivity index (χ0) is 18.7. The number of hydrogen-bond acceptors (Lipinski definition) is 4. The summed E-state index contributed by atoms with van der Waals surface area (Å²) < 4.78 is 17.7. The van der Waals surface area contributed by atoms with Crippen LogP contribution in [0.5, 0.6) is 5.75 Å². The van der Waals surface area contributed by atoms with Gasteiger partial charge in [-0.2, -0.15) is 0 Å². The van der Waals surface area contributed by atoms with E-state index in [0.29, 0.717) is 6.54 Å². The van der Waals surface area contributed by atoms with E-state index in [9.17, 15) is 14.3 Å². The second-order valence-corrected chi connectivity index (χ2v) is 7.81. The summed E-state index contributed by atoms with van der Waals surface area (Å²) >= 11 is 0. The van der Waals surface area contributed by atoms with Crippen molar-refractivity contribution in [3.8, 4) is 5.75 Å². The molecule has 1 aromatic heterocycles. The number of rotatable bonds is 7. The molecule has 0 saturated heterocycles.